The number of hydrogen-bond acceptors (Lipinski definition) is 10. The largest absolute Gasteiger partial charge is 0.382 e. The first-order valence-electron chi connectivity index (χ1n) is 11.0. The Morgan fingerprint density at radius 1 is 0.897 bits per heavy atom. The average molecular weight is 594 g/mol. The maximum atomic E-state index is 12.5. The molecule has 3 aromatic rings. The van der Waals surface area contributed by atoms with Crippen LogP contribution in [0.25, 0.3) is 0 Å². The number of pyridine rings is 1. The molecule has 5 N–H and O–H groups in total. The van der Waals surface area contributed by atoms with Crippen LogP contribution in [-0.2, 0) is 45.1 Å². The van der Waals surface area contributed by atoms with E-state index in [0.717, 1.165) is 5.56 Å². The molecule has 0 saturated heterocycles. The van der Waals surface area contributed by atoms with E-state index in [1.807, 2.05) is 36.4 Å². The number of aromatic nitrogens is 1. The molecule has 3 rings (SSSR count). The predicted octanol–water partition coefficient (Wildman–Crippen LogP) is 1.26. The minimum absolute atomic E-state index is 0.0982. The van der Waals surface area contributed by atoms with Crippen LogP contribution in [0.3, 0.4) is 0 Å². The molecule has 1 heterocycles. The Labute approximate surface area is 230 Å². The van der Waals surface area contributed by atoms with E-state index in [4.69, 9.17) is 22.5 Å². The van der Waals surface area contributed by atoms with Crippen molar-refractivity contribution >= 4 is 61.3 Å². The van der Waals surface area contributed by atoms with Crippen molar-refractivity contribution < 1.29 is 34.8 Å². The van der Waals surface area contributed by atoms with E-state index in [-0.39, 0.29) is 5.56 Å². The third-order valence-electron chi connectivity index (χ3n) is 5.00. The molecule has 0 radical (unpaired) electrons. The fourth-order valence-electron chi connectivity index (χ4n) is 3.42. The van der Waals surface area contributed by atoms with E-state index in [1.165, 1.54) is 12.1 Å². The summed E-state index contributed by atoms with van der Waals surface area (Å²) < 4.78 is 53.1. The number of nitrogens with two attached hydrogens (primary N) is 2. The van der Waals surface area contributed by atoms with Gasteiger partial charge in [-0.1, -0.05) is 36.4 Å². The third-order valence-corrected chi connectivity index (χ3v) is 6.14. The minimum Gasteiger partial charge on any atom is -0.358 e. The van der Waals surface area contributed by atoms with Gasteiger partial charge in [-0.15, -0.1) is 0 Å². The van der Waals surface area contributed by atoms with Crippen molar-refractivity contribution in [2.24, 2.45) is 10.3 Å². The van der Waals surface area contributed by atoms with Crippen LogP contribution in [0.1, 0.15) is 23.5 Å². The molecule has 0 bridgehead atoms. The summed E-state index contributed by atoms with van der Waals surface area (Å²) in [6.07, 6.45) is 2.44. The SMILES string of the molecule is NS(=O)(=O)OC(=O)CC(C(=O)OS(N)(=O)=O)c1ccc(N(C(=S)NCc2cccnc2)c2ccccc2)cc1. The summed E-state index contributed by atoms with van der Waals surface area (Å²) >= 11 is 5.64. The second-order valence-corrected chi connectivity index (χ2v) is 10.6. The Balaban J connectivity index is 1.91. The fourth-order valence-corrected chi connectivity index (χ4v) is 4.37. The summed E-state index contributed by atoms with van der Waals surface area (Å²) in [6, 6.07) is 18.7. The second-order valence-electron chi connectivity index (χ2n) is 7.88. The van der Waals surface area contributed by atoms with Gasteiger partial charge in [0.1, 0.15) is 0 Å². The normalized spacial score (nSPS) is 12.2. The highest BCUT2D eigenvalue weighted by Gasteiger charge is 2.30. The maximum absolute atomic E-state index is 12.5. The van der Waals surface area contributed by atoms with Crippen LogP contribution in [0.2, 0.25) is 0 Å². The predicted molar refractivity (Wildman–Crippen MR) is 144 cm³/mol. The number of carbonyl (C=O) groups is 2. The van der Waals surface area contributed by atoms with Gasteiger partial charge in [0.25, 0.3) is 0 Å². The molecule has 39 heavy (non-hydrogen) atoms. The van der Waals surface area contributed by atoms with E-state index in [2.05, 4.69) is 18.7 Å². The lowest BCUT2D eigenvalue weighted by Crippen LogP contribution is -2.36. The highest BCUT2D eigenvalue weighted by molar-refractivity contribution is 7.85. The number of thiocarbonyl (C=S) groups is 1. The van der Waals surface area contributed by atoms with E-state index in [9.17, 15) is 26.4 Å². The van der Waals surface area contributed by atoms with Crippen LogP contribution in [0, 0.1) is 0 Å². The molecule has 1 atom stereocenters. The third kappa shape index (κ3) is 9.38. The number of benzene rings is 2. The van der Waals surface area contributed by atoms with Gasteiger partial charge < -0.3 is 13.7 Å². The molecule has 0 spiro atoms. The fraction of sp³-hybridized carbons (Fsp3) is 0.130. The van der Waals surface area contributed by atoms with E-state index < -0.39 is 44.9 Å². The number of para-hydroxylation sites is 1. The molecular formula is C23H23N5O8S3. The zero-order chi connectivity index (χ0) is 28.6. The molecule has 0 aliphatic heterocycles. The topological polar surface area (TPSA) is 201 Å². The van der Waals surface area contributed by atoms with E-state index in [1.54, 1.807) is 35.5 Å². The van der Waals surface area contributed by atoms with Crippen molar-refractivity contribution in [2.75, 3.05) is 4.90 Å². The van der Waals surface area contributed by atoms with Crippen LogP contribution in [0.15, 0.2) is 79.1 Å². The zero-order valence-electron chi connectivity index (χ0n) is 20.0. The Morgan fingerprint density at radius 3 is 2.08 bits per heavy atom. The highest BCUT2D eigenvalue weighted by atomic mass is 32.2. The first kappa shape index (κ1) is 29.6. The standard InChI is InChI=1S/C23H23N5O8S3/c24-38(31,32)35-21(29)13-20(22(30)36-39(25,33)34)17-8-10-19(11-9-17)28(18-6-2-1-3-7-18)23(37)27-15-16-5-4-12-26-14-16/h1-12,14,20H,13,15H2,(H,27,37)(H2,24,31,32)(H2,25,33,34). The summed E-state index contributed by atoms with van der Waals surface area (Å²) in [5.41, 5.74) is 2.24. The smallest absolute Gasteiger partial charge is 0.358 e. The lowest BCUT2D eigenvalue weighted by atomic mass is 9.95. The molecular weight excluding hydrogens is 570 g/mol. The van der Waals surface area contributed by atoms with Crippen molar-refractivity contribution in [3.63, 3.8) is 0 Å². The van der Waals surface area contributed by atoms with E-state index in [0.29, 0.717) is 23.0 Å². The maximum Gasteiger partial charge on any atom is 0.382 e. The molecule has 0 aliphatic rings. The number of nitrogens with zero attached hydrogens (tertiary/aromatic N) is 2. The molecule has 206 valence electrons. The first-order chi connectivity index (χ1) is 18.3. The van der Waals surface area contributed by atoms with Gasteiger partial charge in [0, 0.05) is 30.3 Å². The number of nitrogens with one attached hydrogen (secondary N) is 1. The van der Waals surface area contributed by atoms with Crippen LogP contribution in [0.4, 0.5) is 11.4 Å². The lowest BCUT2D eigenvalue weighted by molar-refractivity contribution is -0.141. The van der Waals surface area contributed by atoms with Crippen LogP contribution >= 0.6 is 12.2 Å². The van der Waals surface area contributed by atoms with Gasteiger partial charge >= 0.3 is 32.5 Å². The summed E-state index contributed by atoms with van der Waals surface area (Å²) in [6.45, 7) is 0.391. The molecule has 1 aromatic heterocycles. The van der Waals surface area contributed by atoms with Crippen LogP contribution in [-0.4, -0.2) is 38.9 Å². The van der Waals surface area contributed by atoms with Gasteiger partial charge in [-0.2, -0.15) is 27.1 Å². The summed E-state index contributed by atoms with van der Waals surface area (Å²) in [7, 11) is -9.40. The van der Waals surface area contributed by atoms with Crippen LogP contribution in [0.5, 0.6) is 0 Å². The Morgan fingerprint density at radius 2 is 1.51 bits per heavy atom. The van der Waals surface area contributed by atoms with E-state index >= 15 is 0 Å². The molecule has 13 nitrogen and oxygen atoms in total. The van der Waals surface area contributed by atoms with Crippen molar-refractivity contribution in [1.82, 2.24) is 10.3 Å². The summed E-state index contributed by atoms with van der Waals surface area (Å²) in [5.74, 6) is -4.43. The van der Waals surface area contributed by atoms with Crippen LogP contribution < -0.4 is 20.5 Å². The summed E-state index contributed by atoms with van der Waals surface area (Å²) in [5, 5.41) is 13.0. The lowest BCUT2D eigenvalue weighted by Gasteiger charge is -2.26. The molecule has 0 saturated carbocycles. The van der Waals surface area contributed by atoms with Gasteiger partial charge in [0.15, 0.2) is 5.11 Å². The Hall–Kier alpha value is -3.96. The molecule has 0 amide bonds. The molecule has 0 aliphatic carbocycles. The summed E-state index contributed by atoms with van der Waals surface area (Å²) in [4.78, 5) is 30.3. The number of rotatable bonds is 10. The average Bonchev–Trinajstić information content (AvgIpc) is 2.86. The van der Waals surface area contributed by atoms with Crippen molar-refractivity contribution in [2.45, 2.75) is 18.9 Å². The molecule has 0 fully saturated rings. The van der Waals surface area contributed by atoms with Gasteiger partial charge in [-0.05, 0) is 53.7 Å². The van der Waals surface area contributed by atoms with Gasteiger partial charge in [0.2, 0.25) is 0 Å². The monoisotopic (exact) mass is 593 g/mol. The first-order valence-corrected chi connectivity index (χ1v) is 14.3. The van der Waals surface area contributed by atoms with Gasteiger partial charge in [0.05, 0.1) is 12.3 Å². The zero-order valence-corrected chi connectivity index (χ0v) is 22.5. The Kier molecular flexibility index (Phi) is 9.66. The van der Waals surface area contributed by atoms with Gasteiger partial charge in [-0.3, -0.25) is 19.5 Å². The molecule has 1 unspecified atom stereocenters. The second kappa shape index (κ2) is 12.7. The number of anilines is 2. The number of hydrogen-bond donors (Lipinski definition) is 3. The molecule has 2 aromatic carbocycles. The molecule has 16 heteroatoms. The quantitative estimate of drug-likeness (QED) is 0.285. The van der Waals surface area contributed by atoms with Crippen molar-refractivity contribution in [3.05, 3.63) is 90.3 Å². The van der Waals surface area contributed by atoms with Gasteiger partial charge in [-0.25, -0.2) is 0 Å². The Bertz CT molecular complexity index is 1540. The highest BCUT2D eigenvalue weighted by Crippen LogP contribution is 2.29. The van der Waals surface area contributed by atoms with Crippen molar-refractivity contribution in [3.8, 4) is 0 Å². The number of carbonyl (C=O) groups excluding carboxylic acids is 2. The minimum atomic E-state index is -4.73. The van der Waals surface area contributed by atoms with Crippen molar-refractivity contribution in [1.29, 1.82) is 0 Å².